The number of methoxy groups -OCH3 is 1. The summed E-state index contributed by atoms with van der Waals surface area (Å²) in [7, 11) is 1.46. The average molecular weight is 209 g/mol. The molecule has 0 spiro atoms. The molecular formula is C11H19N3O. The Morgan fingerprint density at radius 3 is 2.67 bits per heavy atom. The summed E-state index contributed by atoms with van der Waals surface area (Å²) in [4.78, 5) is 0. The van der Waals surface area contributed by atoms with Gasteiger partial charge in [0.25, 0.3) is 0 Å². The molecule has 0 aliphatic carbocycles. The molecule has 1 aliphatic rings. The third-order valence-electron chi connectivity index (χ3n) is 2.64. The number of rotatable bonds is 3. The summed E-state index contributed by atoms with van der Waals surface area (Å²) in [6.07, 6.45) is 4.24. The van der Waals surface area contributed by atoms with E-state index in [1.54, 1.807) is 6.08 Å². The largest absolute Gasteiger partial charge is 0.481 e. The maximum atomic E-state index is 7.86. The number of hydrogen-bond acceptors (Lipinski definition) is 4. The molecule has 2 atom stereocenters. The van der Waals surface area contributed by atoms with Crippen LogP contribution in [0.2, 0.25) is 0 Å². The lowest BCUT2D eigenvalue weighted by Crippen LogP contribution is -2.38. The Balaban J connectivity index is 2.46. The third kappa shape index (κ3) is 3.83. The second kappa shape index (κ2) is 5.66. The first-order valence-corrected chi connectivity index (χ1v) is 5.23. The monoisotopic (exact) mass is 209 g/mol. The zero-order valence-corrected chi connectivity index (χ0v) is 9.34. The van der Waals surface area contributed by atoms with Crippen molar-refractivity contribution in [2.75, 3.05) is 20.2 Å². The van der Waals surface area contributed by atoms with Gasteiger partial charge in [0, 0.05) is 24.3 Å². The van der Waals surface area contributed by atoms with Crippen LogP contribution in [0.5, 0.6) is 0 Å². The summed E-state index contributed by atoms with van der Waals surface area (Å²) in [6.45, 7) is 4.10. The van der Waals surface area contributed by atoms with Crippen LogP contribution in [0, 0.1) is 22.7 Å². The van der Waals surface area contributed by atoms with Crippen molar-refractivity contribution in [1.82, 2.24) is 5.32 Å². The zero-order valence-electron chi connectivity index (χ0n) is 9.34. The predicted molar refractivity (Wildman–Crippen MR) is 61.7 cm³/mol. The molecule has 0 aromatic rings. The number of allylic oxidation sites excluding steroid dienone is 1. The molecule has 0 amide bonds. The fourth-order valence-electron chi connectivity index (χ4n) is 1.76. The first-order chi connectivity index (χ1) is 7.13. The van der Waals surface area contributed by atoms with Gasteiger partial charge in [0.05, 0.1) is 7.11 Å². The molecule has 1 aliphatic heterocycles. The van der Waals surface area contributed by atoms with Gasteiger partial charge >= 0.3 is 0 Å². The minimum atomic E-state index is 0.0940. The van der Waals surface area contributed by atoms with Crippen molar-refractivity contribution < 1.29 is 4.74 Å². The molecule has 15 heavy (non-hydrogen) atoms. The second-order valence-corrected chi connectivity index (χ2v) is 4.05. The van der Waals surface area contributed by atoms with Crippen molar-refractivity contribution in [1.29, 1.82) is 10.8 Å². The first-order valence-electron chi connectivity index (χ1n) is 5.23. The number of hydrogen-bond donors (Lipinski definition) is 3. The van der Waals surface area contributed by atoms with Crippen molar-refractivity contribution in [2.45, 2.75) is 13.3 Å². The molecule has 4 nitrogen and oxygen atoms in total. The van der Waals surface area contributed by atoms with Gasteiger partial charge in [-0.15, -0.1) is 0 Å². The fraction of sp³-hybridized carbons (Fsp3) is 0.636. The summed E-state index contributed by atoms with van der Waals surface area (Å²) in [5, 5.41) is 18.4. The molecule has 84 valence electrons. The second-order valence-electron chi connectivity index (χ2n) is 4.05. The summed E-state index contributed by atoms with van der Waals surface area (Å²) in [6, 6.07) is 0. The normalized spacial score (nSPS) is 26.5. The van der Waals surface area contributed by atoms with Gasteiger partial charge in [-0.1, -0.05) is 6.92 Å². The molecule has 4 heteroatoms. The Morgan fingerprint density at radius 1 is 1.33 bits per heavy atom. The Labute approximate surface area is 90.7 Å². The van der Waals surface area contributed by atoms with Crippen LogP contribution in [0.1, 0.15) is 13.3 Å². The molecule has 1 fully saturated rings. The molecule has 3 N–H and O–H groups in total. The van der Waals surface area contributed by atoms with Gasteiger partial charge in [0.1, 0.15) is 0 Å². The van der Waals surface area contributed by atoms with Crippen molar-refractivity contribution >= 4 is 11.6 Å². The number of ether oxygens (including phenoxy) is 1. The minimum absolute atomic E-state index is 0.0940. The van der Waals surface area contributed by atoms with E-state index in [9.17, 15) is 0 Å². The Kier molecular flexibility index (Phi) is 4.49. The third-order valence-corrected chi connectivity index (χ3v) is 2.64. The SMILES string of the molecule is COC(=N)/C=C\C(=N)C1CNCC(C)C1. The molecule has 0 radical (unpaired) electrons. The highest BCUT2D eigenvalue weighted by Crippen LogP contribution is 2.17. The number of nitrogens with one attached hydrogen (secondary N) is 3. The van der Waals surface area contributed by atoms with Gasteiger partial charge in [-0.25, -0.2) is 0 Å². The summed E-state index contributed by atoms with van der Waals surface area (Å²) in [5.41, 5.74) is 0.579. The van der Waals surface area contributed by atoms with Crippen LogP contribution in [-0.4, -0.2) is 31.8 Å². The van der Waals surface area contributed by atoms with Crippen molar-refractivity contribution in [3.63, 3.8) is 0 Å². The zero-order chi connectivity index (χ0) is 11.3. The lowest BCUT2D eigenvalue weighted by Gasteiger charge is -2.27. The predicted octanol–water partition coefficient (Wildman–Crippen LogP) is 1.43. The molecule has 1 heterocycles. The minimum Gasteiger partial charge on any atom is -0.481 e. The van der Waals surface area contributed by atoms with E-state index in [1.807, 2.05) is 0 Å². The smallest absolute Gasteiger partial charge is 0.205 e. The van der Waals surface area contributed by atoms with Crippen molar-refractivity contribution in [2.24, 2.45) is 11.8 Å². The molecule has 1 saturated heterocycles. The Hall–Kier alpha value is -1.16. The van der Waals surface area contributed by atoms with Crippen molar-refractivity contribution in [3.05, 3.63) is 12.2 Å². The van der Waals surface area contributed by atoms with Gasteiger partial charge in [-0.05, 0) is 25.0 Å². The quantitative estimate of drug-likeness (QED) is 0.486. The summed E-state index contributed by atoms with van der Waals surface area (Å²) in [5.74, 6) is 0.991. The van der Waals surface area contributed by atoms with Crippen LogP contribution in [0.3, 0.4) is 0 Å². The maximum absolute atomic E-state index is 7.86. The van der Waals surface area contributed by atoms with Gasteiger partial charge < -0.3 is 15.5 Å². The molecule has 0 aromatic carbocycles. The van der Waals surface area contributed by atoms with E-state index in [2.05, 4.69) is 12.2 Å². The van der Waals surface area contributed by atoms with E-state index in [1.165, 1.54) is 13.2 Å². The van der Waals surface area contributed by atoms with E-state index < -0.39 is 0 Å². The summed E-state index contributed by atoms with van der Waals surface area (Å²) >= 11 is 0. The maximum Gasteiger partial charge on any atom is 0.205 e. The number of piperidine rings is 1. The topological polar surface area (TPSA) is 69.0 Å². The molecule has 0 saturated carbocycles. The van der Waals surface area contributed by atoms with Gasteiger partial charge in [-0.2, -0.15) is 0 Å². The van der Waals surface area contributed by atoms with Crippen LogP contribution in [0.15, 0.2) is 12.2 Å². The van der Waals surface area contributed by atoms with Crippen LogP contribution >= 0.6 is 0 Å². The standard InChI is InChI=1S/C11H19N3O/c1-8-5-9(7-14-6-8)10(12)3-4-11(13)15-2/h3-4,8-9,12-14H,5-7H2,1-2H3/b4-3-,12-10?,13-11?. The average Bonchev–Trinajstić information content (AvgIpc) is 2.25. The lowest BCUT2D eigenvalue weighted by molar-refractivity contribution is 0.359. The van der Waals surface area contributed by atoms with Crippen LogP contribution in [0.25, 0.3) is 0 Å². The van der Waals surface area contributed by atoms with Gasteiger partial charge in [0.15, 0.2) is 0 Å². The van der Waals surface area contributed by atoms with Gasteiger partial charge in [0.2, 0.25) is 5.90 Å². The Bertz CT molecular complexity index is 273. The fourth-order valence-corrected chi connectivity index (χ4v) is 1.76. The molecule has 0 bridgehead atoms. The van der Waals surface area contributed by atoms with Crippen LogP contribution in [0.4, 0.5) is 0 Å². The summed E-state index contributed by atoms with van der Waals surface area (Å²) < 4.78 is 4.69. The Morgan fingerprint density at radius 2 is 2.07 bits per heavy atom. The highest BCUT2D eigenvalue weighted by Gasteiger charge is 2.20. The van der Waals surface area contributed by atoms with Gasteiger partial charge in [-0.3, -0.25) is 5.41 Å². The van der Waals surface area contributed by atoms with Crippen LogP contribution in [-0.2, 0) is 4.74 Å². The van der Waals surface area contributed by atoms with E-state index in [-0.39, 0.29) is 11.8 Å². The molecular weight excluding hydrogens is 190 g/mol. The molecule has 0 aromatic heterocycles. The highest BCUT2D eigenvalue weighted by molar-refractivity contribution is 5.99. The highest BCUT2D eigenvalue weighted by atomic mass is 16.5. The molecule has 2 unspecified atom stereocenters. The van der Waals surface area contributed by atoms with E-state index in [0.29, 0.717) is 11.6 Å². The van der Waals surface area contributed by atoms with E-state index >= 15 is 0 Å². The van der Waals surface area contributed by atoms with Crippen molar-refractivity contribution in [3.8, 4) is 0 Å². The van der Waals surface area contributed by atoms with Crippen LogP contribution < -0.4 is 5.32 Å². The molecule has 1 rings (SSSR count). The first kappa shape index (κ1) is 11.9. The lowest BCUT2D eigenvalue weighted by atomic mass is 9.88. The van der Waals surface area contributed by atoms with E-state index in [0.717, 1.165) is 19.5 Å². The van der Waals surface area contributed by atoms with E-state index in [4.69, 9.17) is 15.6 Å².